The highest BCUT2D eigenvalue weighted by molar-refractivity contribution is 5.77. The third-order valence-corrected chi connectivity index (χ3v) is 5.11. The maximum absolute atomic E-state index is 11.9. The average molecular weight is 388 g/mol. The fourth-order valence-corrected chi connectivity index (χ4v) is 3.37. The fraction of sp³-hybridized carbons (Fsp3) is 0.292. The Labute approximate surface area is 170 Å². The molecule has 1 aliphatic rings. The summed E-state index contributed by atoms with van der Waals surface area (Å²) in [4.78, 5) is 20.7. The van der Waals surface area contributed by atoms with E-state index in [1.54, 1.807) is 12.4 Å². The van der Waals surface area contributed by atoms with Gasteiger partial charge in [-0.3, -0.25) is 14.8 Å². The molecule has 0 saturated heterocycles. The van der Waals surface area contributed by atoms with E-state index in [0.29, 0.717) is 13.2 Å². The van der Waals surface area contributed by atoms with Gasteiger partial charge in [0.1, 0.15) is 12.4 Å². The minimum atomic E-state index is -0.127. The van der Waals surface area contributed by atoms with E-state index in [2.05, 4.69) is 41.2 Å². The van der Waals surface area contributed by atoms with Crippen LogP contribution in [0.4, 0.5) is 0 Å². The number of hydrogen-bond acceptors (Lipinski definition) is 5. The number of hydrogen-bond donors (Lipinski definition) is 0. The second kappa shape index (κ2) is 8.43. The van der Waals surface area contributed by atoms with Gasteiger partial charge >= 0.3 is 5.97 Å². The van der Waals surface area contributed by atoms with Gasteiger partial charge in [-0.25, -0.2) is 0 Å². The zero-order chi connectivity index (χ0) is 20.2. The SMILES string of the molecule is CCOC(=O)C1CC1c1cc(-c2cncc(OCc3ccc(C)cc3)c2)ccn1. The molecule has 0 radical (unpaired) electrons. The highest BCUT2D eigenvalue weighted by Gasteiger charge is 2.46. The van der Waals surface area contributed by atoms with E-state index in [0.717, 1.165) is 34.6 Å². The fourth-order valence-electron chi connectivity index (χ4n) is 3.37. The number of rotatable bonds is 7. The summed E-state index contributed by atoms with van der Waals surface area (Å²) >= 11 is 0. The van der Waals surface area contributed by atoms with Gasteiger partial charge in [0.2, 0.25) is 0 Å². The first-order valence-electron chi connectivity index (χ1n) is 9.90. The van der Waals surface area contributed by atoms with Gasteiger partial charge in [0.15, 0.2) is 0 Å². The summed E-state index contributed by atoms with van der Waals surface area (Å²) in [6.45, 7) is 4.81. The van der Waals surface area contributed by atoms with Gasteiger partial charge in [-0.1, -0.05) is 29.8 Å². The highest BCUT2D eigenvalue weighted by atomic mass is 16.5. The van der Waals surface area contributed by atoms with E-state index in [-0.39, 0.29) is 17.8 Å². The molecule has 1 aliphatic carbocycles. The number of benzene rings is 1. The predicted octanol–water partition coefficient (Wildman–Crippen LogP) is 4.70. The molecular weight excluding hydrogens is 364 g/mol. The molecule has 5 nitrogen and oxygen atoms in total. The lowest BCUT2D eigenvalue weighted by Crippen LogP contribution is -2.07. The van der Waals surface area contributed by atoms with Crippen molar-refractivity contribution in [3.63, 3.8) is 0 Å². The molecule has 0 aliphatic heterocycles. The van der Waals surface area contributed by atoms with E-state index < -0.39 is 0 Å². The Bertz CT molecular complexity index is 1000. The van der Waals surface area contributed by atoms with Crippen LogP contribution >= 0.6 is 0 Å². The molecule has 0 spiro atoms. The van der Waals surface area contributed by atoms with Crippen LogP contribution < -0.4 is 4.74 Å². The molecule has 4 rings (SSSR count). The second-order valence-electron chi connectivity index (χ2n) is 7.35. The van der Waals surface area contributed by atoms with Crippen LogP contribution in [-0.2, 0) is 16.1 Å². The molecule has 3 aromatic rings. The van der Waals surface area contributed by atoms with Gasteiger partial charge in [-0.2, -0.15) is 0 Å². The van der Waals surface area contributed by atoms with Crippen LogP contribution in [0.5, 0.6) is 5.75 Å². The topological polar surface area (TPSA) is 61.3 Å². The molecule has 148 valence electrons. The smallest absolute Gasteiger partial charge is 0.309 e. The Morgan fingerprint density at radius 1 is 1.10 bits per heavy atom. The molecule has 29 heavy (non-hydrogen) atoms. The molecule has 2 unspecified atom stereocenters. The van der Waals surface area contributed by atoms with Crippen molar-refractivity contribution in [2.75, 3.05) is 6.61 Å². The molecule has 0 N–H and O–H groups in total. The summed E-state index contributed by atoms with van der Waals surface area (Å²) in [5.41, 5.74) is 5.24. The van der Waals surface area contributed by atoms with E-state index >= 15 is 0 Å². The van der Waals surface area contributed by atoms with Crippen LogP contribution in [0.3, 0.4) is 0 Å². The molecule has 1 aromatic carbocycles. The Morgan fingerprint density at radius 2 is 1.93 bits per heavy atom. The average Bonchev–Trinajstić information content (AvgIpc) is 3.55. The monoisotopic (exact) mass is 388 g/mol. The van der Waals surface area contributed by atoms with Crippen molar-refractivity contribution in [3.8, 4) is 16.9 Å². The van der Waals surface area contributed by atoms with Crippen LogP contribution in [0.25, 0.3) is 11.1 Å². The van der Waals surface area contributed by atoms with Crippen LogP contribution in [-0.4, -0.2) is 22.5 Å². The lowest BCUT2D eigenvalue weighted by atomic mass is 10.1. The first-order chi connectivity index (χ1) is 14.1. The molecule has 2 atom stereocenters. The number of carbonyl (C=O) groups excluding carboxylic acids is 1. The standard InChI is InChI=1S/C24H24N2O3/c1-3-28-24(27)22-12-21(22)23-11-18(8-9-26-23)19-10-20(14-25-13-19)29-15-17-6-4-16(2)5-7-17/h4-11,13-14,21-22H,3,12,15H2,1-2H3. The van der Waals surface area contributed by atoms with E-state index in [9.17, 15) is 4.79 Å². The van der Waals surface area contributed by atoms with Gasteiger partial charge in [0, 0.05) is 29.6 Å². The zero-order valence-electron chi connectivity index (χ0n) is 16.7. The van der Waals surface area contributed by atoms with Crippen molar-refractivity contribution in [2.45, 2.75) is 32.8 Å². The normalized spacial score (nSPS) is 17.6. The Kier molecular flexibility index (Phi) is 5.56. The van der Waals surface area contributed by atoms with Crippen LogP contribution in [0.15, 0.2) is 61.1 Å². The predicted molar refractivity (Wildman–Crippen MR) is 110 cm³/mol. The zero-order valence-corrected chi connectivity index (χ0v) is 16.7. The van der Waals surface area contributed by atoms with E-state index in [1.807, 2.05) is 31.3 Å². The summed E-state index contributed by atoms with van der Waals surface area (Å²) in [7, 11) is 0. The van der Waals surface area contributed by atoms with Gasteiger partial charge in [-0.05, 0) is 49.6 Å². The van der Waals surface area contributed by atoms with Crippen LogP contribution in [0.1, 0.15) is 36.1 Å². The van der Waals surface area contributed by atoms with Gasteiger partial charge < -0.3 is 9.47 Å². The molecule has 2 heterocycles. The quantitative estimate of drug-likeness (QED) is 0.549. The number of aromatic nitrogens is 2. The lowest BCUT2D eigenvalue weighted by Gasteiger charge is -2.09. The van der Waals surface area contributed by atoms with Crippen molar-refractivity contribution in [1.29, 1.82) is 0 Å². The van der Waals surface area contributed by atoms with Crippen molar-refractivity contribution < 1.29 is 14.3 Å². The molecule has 1 saturated carbocycles. The van der Waals surface area contributed by atoms with E-state index in [4.69, 9.17) is 9.47 Å². The van der Waals surface area contributed by atoms with Crippen molar-refractivity contribution >= 4 is 5.97 Å². The maximum atomic E-state index is 11.9. The Hall–Kier alpha value is -3.21. The van der Waals surface area contributed by atoms with Crippen molar-refractivity contribution in [3.05, 3.63) is 77.9 Å². The number of carbonyl (C=O) groups is 1. The summed E-state index contributed by atoms with van der Waals surface area (Å²) in [6, 6.07) is 14.3. The third-order valence-electron chi connectivity index (χ3n) is 5.11. The summed E-state index contributed by atoms with van der Waals surface area (Å²) < 4.78 is 11.0. The Morgan fingerprint density at radius 3 is 2.72 bits per heavy atom. The van der Waals surface area contributed by atoms with Gasteiger partial charge in [-0.15, -0.1) is 0 Å². The Balaban J connectivity index is 1.46. The molecule has 2 aromatic heterocycles. The number of aryl methyl sites for hydroxylation is 1. The van der Waals surface area contributed by atoms with Crippen molar-refractivity contribution in [1.82, 2.24) is 9.97 Å². The van der Waals surface area contributed by atoms with Crippen molar-refractivity contribution in [2.24, 2.45) is 5.92 Å². The van der Waals surface area contributed by atoms with Gasteiger partial charge in [0.05, 0.1) is 18.7 Å². The maximum Gasteiger partial charge on any atom is 0.309 e. The third kappa shape index (κ3) is 4.62. The molecule has 5 heteroatoms. The summed E-state index contributed by atoms with van der Waals surface area (Å²) in [5, 5.41) is 0. The first kappa shape index (κ1) is 19.1. The van der Waals surface area contributed by atoms with E-state index in [1.165, 1.54) is 5.56 Å². The largest absolute Gasteiger partial charge is 0.487 e. The highest BCUT2D eigenvalue weighted by Crippen LogP contribution is 2.47. The van der Waals surface area contributed by atoms with Crippen LogP contribution in [0, 0.1) is 12.8 Å². The number of pyridine rings is 2. The van der Waals surface area contributed by atoms with Gasteiger partial charge in [0.25, 0.3) is 0 Å². The lowest BCUT2D eigenvalue weighted by molar-refractivity contribution is -0.144. The minimum absolute atomic E-state index is 0.0694. The summed E-state index contributed by atoms with van der Waals surface area (Å²) in [6.07, 6.45) is 6.11. The number of nitrogens with zero attached hydrogens (tertiary/aromatic N) is 2. The number of ether oxygens (including phenoxy) is 2. The number of esters is 1. The molecule has 0 amide bonds. The summed E-state index contributed by atoms with van der Waals surface area (Å²) in [5.74, 6) is 0.665. The molecule has 0 bridgehead atoms. The van der Waals surface area contributed by atoms with Crippen LogP contribution in [0.2, 0.25) is 0 Å². The molecular formula is C24H24N2O3. The second-order valence-corrected chi connectivity index (χ2v) is 7.35. The molecule has 1 fully saturated rings. The minimum Gasteiger partial charge on any atom is -0.487 e. The first-order valence-corrected chi connectivity index (χ1v) is 9.90.